The van der Waals surface area contributed by atoms with Crippen molar-refractivity contribution in [3.05, 3.63) is 0 Å². The molecule has 1 rings (SSSR count). The van der Waals surface area contributed by atoms with Crippen LogP contribution in [0.15, 0.2) is 0 Å². The van der Waals surface area contributed by atoms with Crippen LogP contribution in [0.1, 0.15) is 19.8 Å². The number of carboxylic acid groups (broad SMARTS) is 1. The Hall–Kier alpha value is -1.31. The molecule has 5 nitrogen and oxygen atoms in total. The van der Waals surface area contributed by atoms with Gasteiger partial charge in [0.1, 0.15) is 0 Å². The second-order valence-corrected chi connectivity index (χ2v) is 4.05. The van der Waals surface area contributed by atoms with E-state index in [-0.39, 0.29) is 19.4 Å². The first kappa shape index (κ1) is 13.8. The van der Waals surface area contributed by atoms with Gasteiger partial charge in [0.25, 0.3) is 0 Å². The van der Waals surface area contributed by atoms with Crippen molar-refractivity contribution in [1.29, 1.82) is 0 Å². The molecule has 0 saturated carbocycles. The molecule has 17 heavy (non-hydrogen) atoms. The highest BCUT2D eigenvalue weighted by atomic mass is 19.4. The van der Waals surface area contributed by atoms with E-state index in [1.54, 1.807) is 5.32 Å². The molecule has 0 spiro atoms. The topological polar surface area (TPSA) is 75.6 Å². The minimum Gasteiger partial charge on any atom is -0.479 e. The number of ether oxygens (including phenoxy) is 1. The fraction of sp³-hybridized carbons (Fsp3) is 0.778. The van der Waals surface area contributed by atoms with Gasteiger partial charge in [0.15, 0.2) is 5.60 Å². The summed E-state index contributed by atoms with van der Waals surface area (Å²) in [7, 11) is 0. The zero-order valence-corrected chi connectivity index (χ0v) is 9.00. The zero-order valence-electron chi connectivity index (χ0n) is 9.00. The van der Waals surface area contributed by atoms with Gasteiger partial charge in [-0.1, -0.05) is 0 Å². The van der Waals surface area contributed by atoms with Gasteiger partial charge >= 0.3 is 18.1 Å². The van der Waals surface area contributed by atoms with Crippen LogP contribution in [0.3, 0.4) is 0 Å². The predicted molar refractivity (Wildman–Crippen MR) is 49.2 cm³/mol. The van der Waals surface area contributed by atoms with Crippen molar-refractivity contribution in [3.63, 3.8) is 0 Å². The molecular weight excluding hydrogens is 243 g/mol. The van der Waals surface area contributed by atoms with Crippen molar-refractivity contribution < 1.29 is 32.6 Å². The lowest BCUT2D eigenvalue weighted by molar-refractivity contribution is -0.179. The van der Waals surface area contributed by atoms with Gasteiger partial charge in [0.05, 0.1) is 6.61 Å². The van der Waals surface area contributed by atoms with Gasteiger partial charge in [-0.05, 0) is 13.3 Å². The summed E-state index contributed by atoms with van der Waals surface area (Å²) in [6.07, 6.45) is -4.99. The number of nitrogens with one attached hydrogen (secondary N) is 1. The largest absolute Gasteiger partial charge is 0.479 e. The quantitative estimate of drug-likeness (QED) is 0.761. The van der Waals surface area contributed by atoms with Crippen molar-refractivity contribution in [2.45, 2.75) is 37.6 Å². The summed E-state index contributed by atoms with van der Waals surface area (Å²) in [6.45, 7) is 1.26. The van der Waals surface area contributed by atoms with Crippen molar-refractivity contribution in [1.82, 2.24) is 5.32 Å². The molecule has 1 saturated heterocycles. The summed E-state index contributed by atoms with van der Waals surface area (Å²) >= 11 is 0. The number of carboxylic acids is 1. The monoisotopic (exact) mass is 255 g/mol. The number of aliphatic carboxylic acids is 1. The summed E-state index contributed by atoms with van der Waals surface area (Å²) < 4.78 is 41.0. The third kappa shape index (κ3) is 3.32. The fourth-order valence-electron chi connectivity index (χ4n) is 1.60. The minimum atomic E-state index is -4.96. The van der Waals surface area contributed by atoms with Gasteiger partial charge in [0.2, 0.25) is 0 Å². The average Bonchev–Trinajstić information content (AvgIpc) is 2.16. The smallest absolute Gasteiger partial charge is 0.471 e. The number of carbonyl (C=O) groups is 2. The molecule has 0 aromatic carbocycles. The molecule has 1 amide bonds. The van der Waals surface area contributed by atoms with Crippen LogP contribution >= 0.6 is 0 Å². The predicted octanol–water partition coefficient (Wildman–Crippen LogP) is 0.687. The number of halogens is 3. The van der Waals surface area contributed by atoms with E-state index in [1.165, 1.54) is 6.92 Å². The lowest BCUT2D eigenvalue weighted by Gasteiger charge is -2.35. The summed E-state index contributed by atoms with van der Waals surface area (Å²) in [6, 6.07) is -0.848. The number of alkyl halides is 3. The Labute approximate surface area is 94.9 Å². The van der Waals surface area contributed by atoms with Gasteiger partial charge in [-0.25, -0.2) is 4.79 Å². The molecule has 1 heterocycles. The number of carbonyl (C=O) groups excluding carboxylic acids is 1. The van der Waals surface area contributed by atoms with Crippen LogP contribution < -0.4 is 5.32 Å². The van der Waals surface area contributed by atoms with Crippen LogP contribution in [0, 0.1) is 0 Å². The third-order valence-corrected chi connectivity index (χ3v) is 2.57. The molecule has 0 aromatic rings. The van der Waals surface area contributed by atoms with Crippen LogP contribution in [0.5, 0.6) is 0 Å². The average molecular weight is 255 g/mol. The van der Waals surface area contributed by atoms with Gasteiger partial charge < -0.3 is 15.2 Å². The molecular formula is C9H12F3NO4. The molecule has 2 N–H and O–H groups in total. The molecule has 1 aliphatic heterocycles. The molecule has 8 heteroatoms. The fourth-order valence-corrected chi connectivity index (χ4v) is 1.60. The lowest BCUT2D eigenvalue weighted by atomic mass is 9.92. The van der Waals surface area contributed by atoms with E-state index in [1.807, 2.05) is 0 Å². The second kappa shape index (κ2) is 4.52. The Balaban J connectivity index is 2.63. The first-order valence-corrected chi connectivity index (χ1v) is 4.90. The molecule has 1 aliphatic rings. The first-order valence-electron chi connectivity index (χ1n) is 4.90. The maximum Gasteiger partial charge on any atom is 0.471 e. The number of hydrogen-bond donors (Lipinski definition) is 2. The van der Waals surface area contributed by atoms with Crippen LogP contribution in [0.4, 0.5) is 13.2 Å². The Morgan fingerprint density at radius 1 is 1.47 bits per heavy atom. The second-order valence-electron chi connectivity index (χ2n) is 4.05. The van der Waals surface area contributed by atoms with Crippen molar-refractivity contribution in [2.24, 2.45) is 0 Å². The third-order valence-electron chi connectivity index (χ3n) is 2.57. The summed E-state index contributed by atoms with van der Waals surface area (Å²) in [5.74, 6) is -3.32. The van der Waals surface area contributed by atoms with E-state index in [2.05, 4.69) is 0 Å². The van der Waals surface area contributed by atoms with Crippen LogP contribution in [0.2, 0.25) is 0 Å². The first-order chi connectivity index (χ1) is 7.65. The molecule has 2 atom stereocenters. The Morgan fingerprint density at radius 2 is 2.06 bits per heavy atom. The maximum atomic E-state index is 12.0. The number of hydrogen-bond acceptors (Lipinski definition) is 3. The van der Waals surface area contributed by atoms with Gasteiger partial charge in [-0.15, -0.1) is 0 Å². The zero-order chi connectivity index (χ0) is 13.3. The van der Waals surface area contributed by atoms with Gasteiger partial charge in [-0.3, -0.25) is 4.79 Å². The molecule has 1 fully saturated rings. The highest BCUT2D eigenvalue weighted by Gasteiger charge is 2.44. The van der Waals surface area contributed by atoms with Crippen LogP contribution in [0.25, 0.3) is 0 Å². The Morgan fingerprint density at radius 3 is 2.53 bits per heavy atom. The van der Waals surface area contributed by atoms with E-state index >= 15 is 0 Å². The number of rotatable bonds is 2. The van der Waals surface area contributed by atoms with E-state index in [9.17, 15) is 22.8 Å². The molecule has 0 aromatic heterocycles. The lowest BCUT2D eigenvalue weighted by Crippen LogP contribution is -2.53. The van der Waals surface area contributed by atoms with Crippen LogP contribution in [-0.4, -0.2) is 41.4 Å². The van der Waals surface area contributed by atoms with Crippen LogP contribution in [-0.2, 0) is 14.3 Å². The minimum absolute atomic E-state index is 0.00833. The normalized spacial score (nSPS) is 29.8. The van der Waals surface area contributed by atoms with E-state index in [0.717, 1.165) is 0 Å². The maximum absolute atomic E-state index is 12.0. The SMILES string of the molecule is CC1(C(=O)O)CC(NC(=O)C(F)(F)F)CCO1. The number of amides is 1. The summed E-state index contributed by atoms with van der Waals surface area (Å²) in [4.78, 5) is 21.5. The standard InChI is InChI=1S/C9H12F3NO4/c1-8(7(15)16)4-5(2-3-17-8)13-6(14)9(10,11)12/h5H,2-4H2,1H3,(H,13,14)(H,15,16). The molecule has 0 bridgehead atoms. The molecule has 0 aliphatic carbocycles. The van der Waals surface area contributed by atoms with E-state index < -0.39 is 29.7 Å². The van der Waals surface area contributed by atoms with Crippen molar-refractivity contribution in [3.8, 4) is 0 Å². The Bertz CT molecular complexity index is 331. The van der Waals surface area contributed by atoms with Gasteiger partial charge in [0, 0.05) is 12.5 Å². The highest BCUT2D eigenvalue weighted by molar-refractivity contribution is 5.82. The molecule has 0 radical (unpaired) electrons. The van der Waals surface area contributed by atoms with Crippen molar-refractivity contribution in [2.75, 3.05) is 6.61 Å². The van der Waals surface area contributed by atoms with E-state index in [0.29, 0.717) is 0 Å². The summed E-state index contributed by atoms with van der Waals surface area (Å²) in [5, 5.41) is 10.6. The van der Waals surface area contributed by atoms with E-state index in [4.69, 9.17) is 9.84 Å². The summed E-state index contributed by atoms with van der Waals surface area (Å²) in [5.41, 5.74) is -1.55. The van der Waals surface area contributed by atoms with Crippen molar-refractivity contribution >= 4 is 11.9 Å². The highest BCUT2D eigenvalue weighted by Crippen LogP contribution is 2.26. The van der Waals surface area contributed by atoms with Gasteiger partial charge in [-0.2, -0.15) is 13.2 Å². The Kier molecular flexibility index (Phi) is 3.65. The molecule has 2 unspecified atom stereocenters. The molecule has 98 valence electrons.